The average Bonchev–Trinajstić information content (AvgIpc) is 2.81. The lowest BCUT2D eigenvalue weighted by Gasteiger charge is -2.23. The molecule has 4 rings (SSSR count). The molecule has 1 aliphatic rings. The van der Waals surface area contributed by atoms with Crippen molar-refractivity contribution >= 4 is 5.57 Å². The Morgan fingerprint density at radius 2 is 1.64 bits per heavy atom. The van der Waals surface area contributed by atoms with Crippen LogP contribution in [0.15, 0.2) is 48.5 Å². The van der Waals surface area contributed by atoms with Gasteiger partial charge in [-0.1, -0.05) is 24.3 Å². The summed E-state index contributed by atoms with van der Waals surface area (Å²) in [5, 5.41) is 9.30. The molecule has 0 heterocycles. The number of phenolic OH excluding ortho intramolecular Hbond substituents is 1. The minimum Gasteiger partial charge on any atom is -0.505 e. The number of phenols is 1. The van der Waals surface area contributed by atoms with Crippen molar-refractivity contribution in [1.82, 2.24) is 0 Å². The molecule has 7 heteroatoms. The topological polar surface area (TPSA) is 29.5 Å². The van der Waals surface area contributed by atoms with Crippen molar-refractivity contribution in [1.29, 1.82) is 0 Å². The van der Waals surface area contributed by atoms with Gasteiger partial charge < -0.3 is 9.84 Å². The van der Waals surface area contributed by atoms with Gasteiger partial charge in [0, 0.05) is 11.1 Å². The maximum atomic E-state index is 14.9. The highest BCUT2D eigenvalue weighted by Crippen LogP contribution is 2.40. The predicted octanol–water partition coefficient (Wildman–Crippen LogP) is 7.50. The zero-order valence-corrected chi connectivity index (χ0v) is 17.8. The van der Waals surface area contributed by atoms with Gasteiger partial charge in [0.15, 0.2) is 23.1 Å². The van der Waals surface area contributed by atoms with Gasteiger partial charge in [-0.05, 0) is 73.1 Å². The smallest absolute Gasteiger partial charge is 0.201 e. The first-order valence-electron chi connectivity index (χ1n) is 10.6. The molecule has 3 aromatic carbocycles. The van der Waals surface area contributed by atoms with Gasteiger partial charge in [-0.15, -0.1) is 0 Å². The van der Waals surface area contributed by atoms with E-state index in [9.17, 15) is 27.1 Å². The van der Waals surface area contributed by atoms with Crippen LogP contribution in [0.1, 0.15) is 43.2 Å². The van der Waals surface area contributed by atoms with Gasteiger partial charge in [0.25, 0.3) is 0 Å². The maximum absolute atomic E-state index is 14.9. The third-order valence-electron chi connectivity index (χ3n) is 5.92. The van der Waals surface area contributed by atoms with Gasteiger partial charge in [-0.3, -0.25) is 0 Å². The van der Waals surface area contributed by atoms with Crippen molar-refractivity contribution in [2.45, 2.75) is 32.1 Å². The van der Waals surface area contributed by atoms with E-state index >= 15 is 0 Å². The van der Waals surface area contributed by atoms with Gasteiger partial charge in [0.2, 0.25) is 11.6 Å². The number of ether oxygens (including phenoxy) is 1. The van der Waals surface area contributed by atoms with E-state index in [4.69, 9.17) is 4.74 Å². The third-order valence-corrected chi connectivity index (χ3v) is 5.92. The standard InChI is InChI=1S/C26H21F5O2/c1-2-33-22-12-10-19(24(29)26(22)31)16-7-8-17(20(27)13-16)14-3-5-15(6-4-14)18-9-11-21(32)25(30)23(18)28/h3,7-13,15,32H,2,4-6H2,1H3. The van der Waals surface area contributed by atoms with Crippen LogP contribution in [0.2, 0.25) is 0 Å². The van der Waals surface area contributed by atoms with Crippen LogP contribution < -0.4 is 4.74 Å². The summed E-state index contributed by atoms with van der Waals surface area (Å²) in [5.74, 6) is -6.43. The SMILES string of the molecule is CCOc1ccc(-c2ccc(C3=CCC(c4ccc(O)c(F)c4F)CC3)c(F)c2)c(F)c1F. The van der Waals surface area contributed by atoms with Crippen LogP contribution >= 0.6 is 0 Å². The van der Waals surface area contributed by atoms with Crippen LogP contribution in [0, 0.1) is 29.1 Å². The summed E-state index contributed by atoms with van der Waals surface area (Å²) in [4.78, 5) is 0. The molecule has 172 valence electrons. The molecule has 0 spiro atoms. The Labute approximate surface area is 188 Å². The second-order valence-corrected chi connectivity index (χ2v) is 7.87. The lowest BCUT2D eigenvalue weighted by Crippen LogP contribution is -2.08. The van der Waals surface area contributed by atoms with E-state index < -0.39 is 34.8 Å². The summed E-state index contributed by atoms with van der Waals surface area (Å²) < 4.78 is 76.5. The first-order chi connectivity index (χ1) is 15.8. The second-order valence-electron chi connectivity index (χ2n) is 7.87. The molecule has 0 radical (unpaired) electrons. The minimum atomic E-state index is -1.28. The number of hydrogen-bond donors (Lipinski definition) is 1. The molecular weight excluding hydrogens is 439 g/mol. The number of halogens is 5. The average molecular weight is 460 g/mol. The molecule has 1 atom stereocenters. The molecular formula is C26H21F5O2. The Bertz CT molecular complexity index is 1240. The molecule has 0 aliphatic heterocycles. The normalized spacial score (nSPS) is 15.9. The van der Waals surface area contributed by atoms with Crippen LogP contribution in [0.25, 0.3) is 16.7 Å². The maximum Gasteiger partial charge on any atom is 0.201 e. The molecule has 0 saturated carbocycles. The largest absolute Gasteiger partial charge is 0.505 e. The predicted molar refractivity (Wildman–Crippen MR) is 116 cm³/mol. The molecule has 2 nitrogen and oxygen atoms in total. The van der Waals surface area contributed by atoms with Gasteiger partial charge >= 0.3 is 0 Å². The van der Waals surface area contributed by atoms with Crippen molar-refractivity contribution in [2.24, 2.45) is 0 Å². The molecule has 3 aromatic rings. The van der Waals surface area contributed by atoms with Gasteiger partial charge in [0.1, 0.15) is 5.82 Å². The number of hydrogen-bond acceptors (Lipinski definition) is 2. The van der Waals surface area contributed by atoms with E-state index in [0.29, 0.717) is 30.4 Å². The van der Waals surface area contributed by atoms with E-state index in [2.05, 4.69) is 0 Å². The Balaban J connectivity index is 1.57. The van der Waals surface area contributed by atoms with E-state index in [0.717, 1.165) is 12.1 Å². The van der Waals surface area contributed by atoms with Crippen molar-refractivity contribution in [3.8, 4) is 22.6 Å². The number of rotatable bonds is 5. The zero-order valence-electron chi connectivity index (χ0n) is 17.8. The summed E-state index contributed by atoms with van der Waals surface area (Å²) in [6.07, 6.45) is 3.03. The van der Waals surface area contributed by atoms with E-state index in [1.54, 1.807) is 13.0 Å². The van der Waals surface area contributed by atoms with Gasteiger partial charge in [0.05, 0.1) is 6.61 Å². The van der Waals surface area contributed by atoms with Gasteiger partial charge in [-0.2, -0.15) is 8.78 Å². The van der Waals surface area contributed by atoms with Crippen molar-refractivity contribution in [2.75, 3.05) is 6.61 Å². The molecule has 1 aliphatic carbocycles. The Hall–Kier alpha value is -3.35. The first-order valence-corrected chi connectivity index (χ1v) is 10.6. The van der Waals surface area contributed by atoms with Crippen LogP contribution in [0.3, 0.4) is 0 Å². The first kappa shape index (κ1) is 22.8. The van der Waals surface area contributed by atoms with Crippen LogP contribution in [-0.4, -0.2) is 11.7 Å². The highest BCUT2D eigenvalue weighted by Gasteiger charge is 2.24. The summed E-state index contributed by atoms with van der Waals surface area (Å²) in [6.45, 7) is 1.84. The highest BCUT2D eigenvalue weighted by molar-refractivity contribution is 5.72. The van der Waals surface area contributed by atoms with Crippen LogP contribution in [0.4, 0.5) is 22.0 Å². The third kappa shape index (κ3) is 4.32. The van der Waals surface area contributed by atoms with Crippen molar-refractivity contribution in [3.63, 3.8) is 0 Å². The van der Waals surface area contributed by atoms with Crippen molar-refractivity contribution < 1.29 is 31.8 Å². The molecule has 1 N–H and O–H groups in total. The molecule has 0 saturated heterocycles. The number of aromatic hydroxyl groups is 1. The van der Waals surface area contributed by atoms with Crippen LogP contribution in [-0.2, 0) is 0 Å². The molecule has 0 amide bonds. The highest BCUT2D eigenvalue weighted by atomic mass is 19.2. The Kier molecular flexibility index (Phi) is 6.40. The lowest BCUT2D eigenvalue weighted by atomic mass is 9.82. The number of benzene rings is 3. The Morgan fingerprint density at radius 1 is 0.879 bits per heavy atom. The quantitative estimate of drug-likeness (QED) is 0.400. The molecule has 0 bridgehead atoms. The lowest BCUT2D eigenvalue weighted by molar-refractivity contribution is 0.314. The summed E-state index contributed by atoms with van der Waals surface area (Å²) in [7, 11) is 0. The van der Waals surface area contributed by atoms with Crippen molar-refractivity contribution in [3.05, 3.63) is 88.8 Å². The minimum absolute atomic E-state index is 0.0797. The van der Waals surface area contributed by atoms with E-state index in [-0.39, 0.29) is 35.0 Å². The monoisotopic (exact) mass is 460 g/mol. The van der Waals surface area contributed by atoms with Crippen LogP contribution in [0.5, 0.6) is 11.5 Å². The summed E-state index contributed by atoms with van der Waals surface area (Å²) >= 11 is 0. The molecule has 0 fully saturated rings. The molecule has 1 unspecified atom stereocenters. The molecule has 33 heavy (non-hydrogen) atoms. The van der Waals surface area contributed by atoms with Gasteiger partial charge in [-0.25, -0.2) is 13.2 Å². The summed E-state index contributed by atoms with van der Waals surface area (Å²) in [6, 6.07) is 9.29. The van der Waals surface area contributed by atoms with E-state index in [1.165, 1.54) is 30.3 Å². The second kappa shape index (κ2) is 9.25. The Morgan fingerprint density at radius 3 is 2.30 bits per heavy atom. The fourth-order valence-corrected chi connectivity index (χ4v) is 4.20. The fraction of sp³-hybridized carbons (Fsp3) is 0.231. The zero-order chi connectivity index (χ0) is 23.7. The molecule has 0 aromatic heterocycles. The number of allylic oxidation sites excluding steroid dienone is 2. The fourth-order valence-electron chi connectivity index (χ4n) is 4.20. The van der Waals surface area contributed by atoms with E-state index in [1.807, 2.05) is 0 Å². The summed E-state index contributed by atoms with van der Waals surface area (Å²) in [5.41, 5.74) is 1.30.